The van der Waals surface area contributed by atoms with Gasteiger partial charge in [0.15, 0.2) is 0 Å². The SMILES string of the molecule is CCOc1ccc(S(=O)(=O)N(CC(=O)N2CCN(c3cccc(C(F)(F)F)c3)CC2)c2ccc(F)cc2)cc1. The number of rotatable bonds is 8. The molecule has 1 heterocycles. The first kappa shape index (κ1) is 28.2. The van der Waals surface area contributed by atoms with Gasteiger partial charge >= 0.3 is 6.18 Å². The Morgan fingerprint density at radius 2 is 1.59 bits per heavy atom. The van der Waals surface area contributed by atoms with Crippen molar-refractivity contribution in [2.24, 2.45) is 0 Å². The predicted octanol–water partition coefficient (Wildman–Crippen LogP) is 4.79. The Balaban J connectivity index is 1.51. The van der Waals surface area contributed by atoms with E-state index in [9.17, 15) is 30.8 Å². The fraction of sp³-hybridized carbons (Fsp3) is 0.296. The van der Waals surface area contributed by atoms with Crippen molar-refractivity contribution in [1.82, 2.24) is 4.90 Å². The van der Waals surface area contributed by atoms with Crippen molar-refractivity contribution < 1.29 is 35.5 Å². The van der Waals surface area contributed by atoms with Gasteiger partial charge in [-0.25, -0.2) is 12.8 Å². The number of ether oxygens (including phenoxy) is 1. The van der Waals surface area contributed by atoms with Gasteiger partial charge in [-0.1, -0.05) is 6.07 Å². The van der Waals surface area contributed by atoms with Crippen LogP contribution in [0.2, 0.25) is 0 Å². The molecule has 0 spiro atoms. The van der Waals surface area contributed by atoms with Crippen LogP contribution in [0.5, 0.6) is 5.75 Å². The molecule has 1 fully saturated rings. The van der Waals surface area contributed by atoms with Gasteiger partial charge in [-0.3, -0.25) is 9.10 Å². The summed E-state index contributed by atoms with van der Waals surface area (Å²) in [6, 6.07) is 15.5. The molecule has 39 heavy (non-hydrogen) atoms. The number of alkyl halides is 3. The molecule has 0 bridgehead atoms. The molecule has 1 aliphatic heterocycles. The second-order valence-corrected chi connectivity index (χ2v) is 10.7. The Labute approximate surface area is 224 Å². The van der Waals surface area contributed by atoms with Crippen molar-refractivity contribution in [3.63, 3.8) is 0 Å². The number of hydrogen-bond acceptors (Lipinski definition) is 5. The molecule has 0 aromatic heterocycles. The molecule has 0 radical (unpaired) electrons. The second kappa shape index (κ2) is 11.5. The molecule has 208 valence electrons. The standard InChI is InChI=1S/C27H27F4N3O4S/c1-2-38-24-10-12-25(13-11-24)39(36,37)34(22-8-6-21(28)7-9-22)19-26(35)33-16-14-32(15-17-33)23-5-3-4-20(18-23)27(29,30)31/h3-13,18H,2,14-17,19H2,1H3. The molecule has 3 aromatic carbocycles. The van der Waals surface area contributed by atoms with E-state index in [4.69, 9.17) is 4.74 Å². The van der Waals surface area contributed by atoms with E-state index in [-0.39, 0.29) is 36.8 Å². The van der Waals surface area contributed by atoms with Crippen LogP contribution in [0.4, 0.5) is 28.9 Å². The lowest BCUT2D eigenvalue weighted by Crippen LogP contribution is -2.52. The minimum Gasteiger partial charge on any atom is -0.494 e. The highest BCUT2D eigenvalue weighted by molar-refractivity contribution is 7.92. The Bertz CT molecular complexity index is 1390. The van der Waals surface area contributed by atoms with E-state index < -0.39 is 40.0 Å². The molecular weight excluding hydrogens is 538 g/mol. The Hall–Kier alpha value is -3.80. The van der Waals surface area contributed by atoms with Crippen LogP contribution < -0.4 is 13.9 Å². The van der Waals surface area contributed by atoms with Gasteiger partial charge < -0.3 is 14.5 Å². The number of hydrogen-bond donors (Lipinski definition) is 0. The number of carbonyl (C=O) groups is 1. The summed E-state index contributed by atoms with van der Waals surface area (Å²) in [5.41, 5.74) is -0.253. The zero-order valence-corrected chi connectivity index (χ0v) is 21.9. The molecule has 4 rings (SSSR count). The Kier molecular flexibility index (Phi) is 8.34. The molecule has 0 atom stereocenters. The maximum absolute atomic E-state index is 13.6. The van der Waals surface area contributed by atoms with Crippen molar-refractivity contribution in [2.75, 3.05) is 48.5 Å². The molecule has 3 aromatic rings. The van der Waals surface area contributed by atoms with Gasteiger partial charge in [0.1, 0.15) is 18.1 Å². The van der Waals surface area contributed by atoms with Gasteiger partial charge in [0.25, 0.3) is 10.0 Å². The quantitative estimate of drug-likeness (QED) is 0.368. The smallest absolute Gasteiger partial charge is 0.416 e. The number of carbonyl (C=O) groups excluding carboxylic acids is 1. The van der Waals surface area contributed by atoms with Gasteiger partial charge in [-0.15, -0.1) is 0 Å². The summed E-state index contributed by atoms with van der Waals surface area (Å²) in [6.45, 7) is 2.59. The highest BCUT2D eigenvalue weighted by Crippen LogP contribution is 2.32. The van der Waals surface area contributed by atoms with Crippen LogP contribution in [0.1, 0.15) is 12.5 Å². The Morgan fingerprint density at radius 1 is 0.949 bits per heavy atom. The van der Waals surface area contributed by atoms with Gasteiger partial charge in [-0.05, 0) is 73.7 Å². The predicted molar refractivity (Wildman–Crippen MR) is 139 cm³/mol. The highest BCUT2D eigenvalue weighted by Gasteiger charge is 2.32. The third kappa shape index (κ3) is 6.62. The van der Waals surface area contributed by atoms with E-state index in [1.165, 1.54) is 47.4 Å². The largest absolute Gasteiger partial charge is 0.494 e. The lowest BCUT2D eigenvalue weighted by atomic mass is 10.1. The number of piperazine rings is 1. The van der Waals surface area contributed by atoms with Crippen molar-refractivity contribution in [3.05, 3.63) is 84.2 Å². The number of sulfonamides is 1. The van der Waals surface area contributed by atoms with Gasteiger partial charge in [0.2, 0.25) is 5.91 Å². The number of anilines is 2. The number of amides is 1. The number of nitrogens with zero attached hydrogens (tertiary/aromatic N) is 3. The lowest BCUT2D eigenvalue weighted by molar-refractivity contribution is -0.137. The summed E-state index contributed by atoms with van der Waals surface area (Å²) >= 11 is 0. The average Bonchev–Trinajstić information content (AvgIpc) is 2.92. The maximum atomic E-state index is 13.6. The molecule has 0 unspecified atom stereocenters. The average molecular weight is 566 g/mol. The molecule has 1 aliphatic rings. The molecule has 12 heteroatoms. The fourth-order valence-corrected chi connectivity index (χ4v) is 5.65. The minimum atomic E-state index is -4.47. The van der Waals surface area contributed by atoms with E-state index in [0.29, 0.717) is 18.0 Å². The normalized spacial score (nSPS) is 14.3. The van der Waals surface area contributed by atoms with Crippen molar-refractivity contribution in [2.45, 2.75) is 18.0 Å². The summed E-state index contributed by atoms with van der Waals surface area (Å²) in [7, 11) is -4.21. The van der Waals surface area contributed by atoms with Gasteiger partial charge in [-0.2, -0.15) is 13.2 Å². The first-order chi connectivity index (χ1) is 18.5. The third-order valence-corrected chi connectivity index (χ3v) is 8.08. The molecule has 0 aliphatic carbocycles. The first-order valence-electron chi connectivity index (χ1n) is 12.2. The molecule has 1 saturated heterocycles. The monoisotopic (exact) mass is 565 g/mol. The molecule has 0 saturated carbocycles. The number of halogens is 4. The summed E-state index contributed by atoms with van der Waals surface area (Å²) in [5.74, 6) is -0.564. The van der Waals surface area contributed by atoms with E-state index in [0.717, 1.165) is 28.6 Å². The van der Waals surface area contributed by atoms with Crippen molar-refractivity contribution in [1.29, 1.82) is 0 Å². The fourth-order valence-electron chi connectivity index (χ4n) is 4.24. The maximum Gasteiger partial charge on any atom is 0.416 e. The topological polar surface area (TPSA) is 70.2 Å². The second-order valence-electron chi connectivity index (χ2n) is 8.81. The van der Waals surface area contributed by atoms with E-state index in [1.54, 1.807) is 17.9 Å². The zero-order chi connectivity index (χ0) is 28.2. The van der Waals surface area contributed by atoms with Crippen LogP contribution in [-0.4, -0.2) is 58.6 Å². The van der Waals surface area contributed by atoms with Crippen LogP contribution in [-0.2, 0) is 21.0 Å². The molecular formula is C27H27F4N3O4S. The van der Waals surface area contributed by atoms with Crippen LogP contribution in [0.15, 0.2) is 77.7 Å². The van der Waals surface area contributed by atoms with Crippen LogP contribution in [0.25, 0.3) is 0 Å². The number of benzene rings is 3. The van der Waals surface area contributed by atoms with E-state index in [1.807, 2.05) is 0 Å². The third-order valence-electron chi connectivity index (χ3n) is 6.29. The van der Waals surface area contributed by atoms with Crippen LogP contribution in [0.3, 0.4) is 0 Å². The molecule has 7 nitrogen and oxygen atoms in total. The summed E-state index contributed by atoms with van der Waals surface area (Å²) in [5, 5.41) is 0. The zero-order valence-electron chi connectivity index (χ0n) is 21.1. The van der Waals surface area contributed by atoms with Crippen LogP contribution >= 0.6 is 0 Å². The van der Waals surface area contributed by atoms with Crippen molar-refractivity contribution >= 4 is 27.3 Å². The lowest BCUT2D eigenvalue weighted by Gasteiger charge is -2.37. The summed E-state index contributed by atoms with van der Waals surface area (Å²) < 4.78 is 86.3. The molecule has 1 amide bonds. The summed E-state index contributed by atoms with van der Waals surface area (Å²) in [4.78, 5) is 16.4. The molecule has 0 N–H and O–H groups in total. The van der Waals surface area contributed by atoms with Gasteiger partial charge in [0, 0.05) is 31.9 Å². The Morgan fingerprint density at radius 3 is 2.18 bits per heavy atom. The van der Waals surface area contributed by atoms with E-state index in [2.05, 4.69) is 0 Å². The van der Waals surface area contributed by atoms with E-state index >= 15 is 0 Å². The van der Waals surface area contributed by atoms with Gasteiger partial charge in [0.05, 0.1) is 22.8 Å². The summed E-state index contributed by atoms with van der Waals surface area (Å²) in [6.07, 6.45) is -4.47. The van der Waals surface area contributed by atoms with Crippen molar-refractivity contribution in [3.8, 4) is 5.75 Å². The minimum absolute atomic E-state index is 0.0718. The van der Waals surface area contributed by atoms with Crippen LogP contribution in [0, 0.1) is 5.82 Å². The highest BCUT2D eigenvalue weighted by atomic mass is 32.2. The first-order valence-corrected chi connectivity index (χ1v) is 13.6.